The van der Waals surface area contributed by atoms with Gasteiger partial charge in [-0.15, -0.1) is 39.3 Å². The summed E-state index contributed by atoms with van der Waals surface area (Å²) in [6.45, 7) is 21.4. The van der Waals surface area contributed by atoms with Gasteiger partial charge in [-0.3, -0.25) is 0 Å². The molecule has 0 saturated carbocycles. The van der Waals surface area contributed by atoms with Crippen molar-refractivity contribution in [3.63, 3.8) is 0 Å². The Morgan fingerprint density at radius 3 is 1.36 bits per heavy atom. The molecule has 0 radical (unpaired) electrons. The zero-order valence-corrected chi connectivity index (χ0v) is 24.6. The Balaban J connectivity index is 0. The van der Waals surface area contributed by atoms with Gasteiger partial charge in [0.1, 0.15) is 0 Å². The third-order valence-electron chi connectivity index (χ3n) is 4.69. The van der Waals surface area contributed by atoms with Gasteiger partial charge in [0.25, 0.3) is 0 Å². The van der Waals surface area contributed by atoms with E-state index in [2.05, 4.69) is 115 Å². The molecule has 188 valence electrons. The molecular formula is C29H53N3Ti. The predicted molar refractivity (Wildman–Crippen MR) is 149 cm³/mol. The molecule has 0 spiro atoms. The summed E-state index contributed by atoms with van der Waals surface area (Å²) in [6, 6.07) is 6.63. The molecule has 4 heteroatoms. The van der Waals surface area contributed by atoms with Crippen LogP contribution in [0.2, 0.25) is 0 Å². The molecule has 1 aromatic rings. The third kappa shape index (κ3) is 20.6. The van der Waals surface area contributed by atoms with Crippen molar-refractivity contribution in [2.24, 2.45) is 0 Å². The van der Waals surface area contributed by atoms with Crippen LogP contribution in [0.4, 0.5) is 0 Å². The summed E-state index contributed by atoms with van der Waals surface area (Å²) in [5.41, 5.74) is 4.44. The van der Waals surface area contributed by atoms with Gasteiger partial charge >= 0.3 is 85.0 Å². The van der Waals surface area contributed by atoms with Crippen LogP contribution < -0.4 is 0 Å². The third-order valence-corrected chi connectivity index (χ3v) is 5.48. The van der Waals surface area contributed by atoms with E-state index in [0.717, 1.165) is 45.7 Å². The summed E-state index contributed by atoms with van der Waals surface area (Å²) in [6.07, 6.45) is 12.9. The number of fused-ring (bicyclic) bond motifs is 1. The van der Waals surface area contributed by atoms with Gasteiger partial charge in [0.15, 0.2) is 0 Å². The fourth-order valence-electron chi connectivity index (χ4n) is 3.00. The molecule has 2 rings (SSSR count). The molecule has 0 heterocycles. The average molecular weight is 492 g/mol. The van der Waals surface area contributed by atoms with Crippen LogP contribution in [-0.4, -0.2) is 39.3 Å². The summed E-state index contributed by atoms with van der Waals surface area (Å²) in [7, 11) is 0. The number of hydrogen-bond donors (Lipinski definition) is 0. The van der Waals surface area contributed by atoms with Gasteiger partial charge in [0, 0.05) is 0 Å². The van der Waals surface area contributed by atoms with E-state index in [4.69, 9.17) is 0 Å². The molecule has 0 fully saturated rings. The van der Waals surface area contributed by atoms with Crippen molar-refractivity contribution in [3.8, 4) is 0 Å². The molecule has 33 heavy (non-hydrogen) atoms. The van der Waals surface area contributed by atoms with E-state index in [1.807, 2.05) is 0 Å². The second kappa shape index (κ2) is 27.8. The van der Waals surface area contributed by atoms with Gasteiger partial charge in [-0.25, -0.2) is 0 Å². The van der Waals surface area contributed by atoms with Gasteiger partial charge in [-0.1, -0.05) is 80.1 Å². The van der Waals surface area contributed by atoms with Gasteiger partial charge in [0.2, 0.25) is 0 Å². The standard InChI is InChI=1S/C11H11.3C6H14N.Ti/c1-2-9-5-3-6-10-7-4-8-11(9)10;3*1-3-5-7-6-4-2;/h3-8H,2H2,1H3;3*3-6H2,1-2H3;/q;3*-1;+3. The Kier molecular flexibility index (Phi) is 29.2. The van der Waals surface area contributed by atoms with E-state index in [9.17, 15) is 0 Å². The van der Waals surface area contributed by atoms with Crippen LogP contribution >= 0.6 is 0 Å². The monoisotopic (exact) mass is 491 g/mol. The molecule has 1 aliphatic rings. The van der Waals surface area contributed by atoms with Gasteiger partial charge < -0.3 is 16.0 Å². The van der Waals surface area contributed by atoms with Crippen LogP contribution in [0, 0.1) is 0 Å². The molecule has 1 aromatic carbocycles. The molecule has 1 atom stereocenters. The molecule has 0 aromatic heterocycles. The second-order valence-electron chi connectivity index (χ2n) is 8.12. The number of aryl methyl sites for hydroxylation is 1. The molecule has 1 unspecified atom stereocenters. The predicted octanol–water partition coefficient (Wildman–Crippen LogP) is 9.40. The summed E-state index contributed by atoms with van der Waals surface area (Å²) < 4.78 is 0.617. The molecule has 0 saturated heterocycles. The van der Waals surface area contributed by atoms with E-state index in [1.54, 1.807) is 0 Å². The van der Waals surface area contributed by atoms with Gasteiger partial charge in [0.05, 0.1) is 0 Å². The second-order valence-corrected chi connectivity index (χ2v) is 9.09. The minimum atomic E-state index is 0.617. The number of hydrogen-bond acceptors (Lipinski definition) is 0. The SMILES string of the molecule is CCC[N-]CCC.CCC[N-]CCC.CCC[N-]CCC.CCc1cccc2c1C=C[CH]2[Ti+3]. The van der Waals surface area contributed by atoms with Crippen molar-refractivity contribution in [1.29, 1.82) is 0 Å². The summed E-state index contributed by atoms with van der Waals surface area (Å²) in [4.78, 5) is 0. The van der Waals surface area contributed by atoms with Crippen molar-refractivity contribution in [2.75, 3.05) is 39.3 Å². The first-order valence-corrected chi connectivity index (χ1v) is 14.4. The summed E-state index contributed by atoms with van der Waals surface area (Å²) >= 11 is 2.25. The fourth-order valence-corrected chi connectivity index (χ4v) is 3.54. The van der Waals surface area contributed by atoms with Crippen LogP contribution in [0.15, 0.2) is 24.3 Å². The normalized spacial score (nSPS) is 13.2. The Hall–Kier alpha value is -0.446. The first-order chi connectivity index (χ1) is 16.1. The van der Waals surface area contributed by atoms with Crippen LogP contribution in [0.3, 0.4) is 0 Å². The first-order valence-electron chi connectivity index (χ1n) is 13.5. The van der Waals surface area contributed by atoms with Crippen molar-refractivity contribution in [1.82, 2.24) is 0 Å². The Labute approximate surface area is 219 Å². The molecule has 0 amide bonds. The van der Waals surface area contributed by atoms with Crippen molar-refractivity contribution < 1.29 is 20.4 Å². The van der Waals surface area contributed by atoms with Crippen molar-refractivity contribution in [3.05, 3.63) is 56.9 Å². The zero-order valence-electron chi connectivity index (χ0n) is 23.0. The summed E-state index contributed by atoms with van der Waals surface area (Å²) in [5, 5.41) is 12.6. The minimum absolute atomic E-state index is 0.617. The van der Waals surface area contributed by atoms with E-state index < -0.39 is 0 Å². The topological polar surface area (TPSA) is 42.3 Å². The molecular weight excluding hydrogens is 438 g/mol. The van der Waals surface area contributed by atoms with Gasteiger partial charge in [-0.05, 0) is 0 Å². The fraction of sp³-hybridized carbons (Fsp3) is 0.724. The Morgan fingerprint density at radius 2 is 1.03 bits per heavy atom. The molecule has 0 aliphatic heterocycles. The quantitative estimate of drug-likeness (QED) is 0.195. The molecule has 0 bridgehead atoms. The van der Waals surface area contributed by atoms with Crippen molar-refractivity contribution >= 4 is 6.08 Å². The van der Waals surface area contributed by atoms with Gasteiger partial charge in [-0.2, -0.15) is 0 Å². The number of allylic oxidation sites excluding steroid dienone is 1. The number of benzene rings is 1. The van der Waals surface area contributed by atoms with Crippen LogP contribution in [0.5, 0.6) is 0 Å². The molecule has 1 aliphatic carbocycles. The first kappa shape index (κ1) is 34.7. The van der Waals surface area contributed by atoms with Crippen LogP contribution in [0.1, 0.15) is 108 Å². The van der Waals surface area contributed by atoms with E-state index in [-0.39, 0.29) is 0 Å². The van der Waals surface area contributed by atoms with Crippen molar-refractivity contribution in [2.45, 2.75) is 97.6 Å². The zero-order chi connectivity index (χ0) is 25.2. The maximum absolute atomic E-state index is 4.21. The average Bonchev–Trinajstić information content (AvgIpc) is 3.22. The molecule has 3 nitrogen and oxygen atoms in total. The Morgan fingerprint density at radius 1 is 0.636 bits per heavy atom. The number of rotatable bonds is 13. The molecule has 0 N–H and O–H groups in total. The van der Waals surface area contributed by atoms with E-state index in [1.165, 1.54) is 55.2 Å². The number of nitrogens with zero attached hydrogens (tertiary/aromatic N) is 3. The van der Waals surface area contributed by atoms with Crippen LogP contribution in [-0.2, 0) is 26.9 Å². The van der Waals surface area contributed by atoms with E-state index in [0.29, 0.717) is 4.22 Å². The Bertz CT molecular complexity index is 510. The maximum atomic E-state index is 4.21. The summed E-state index contributed by atoms with van der Waals surface area (Å²) in [5.74, 6) is 0. The van der Waals surface area contributed by atoms with E-state index >= 15 is 0 Å². The van der Waals surface area contributed by atoms with Crippen LogP contribution in [0.25, 0.3) is 22.0 Å².